The zero-order chi connectivity index (χ0) is 16.6. The van der Waals surface area contributed by atoms with Gasteiger partial charge in [0.05, 0.1) is 11.9 Å². The van der Waals surface area contributed by atoms with Crippen molar-refractivity contribution in [3.8, 4) is 5.75 Å². The van der Waals surface area contributed by atoms with E-state index in [9.17, 15) is 4.79 Å². The highest BCUT2D eigenvalue weighted by Crippen LogP contribution is 2.14. The number of hydrazone groups is 1. The lowest BCUT2D eigenvalue weighted by Gasteiger charge is -2.07. The van der Waals surface area contributed by atoms with Crippen LogP contribution in [0.2, 0.25) is 0 Å². The summed E-state index contributed by atoms with van der Waals surface area (Å²) in [5, 5.41) is 3.90. The molecule has 2 aromatic carbocycles. The molecule has 0 unspecified atom stereocenters. The van der Waals surface area contributed by atoms with Gasteiger partial charge in [-0.25, -0.2) is 5.43 Å². The van der Waals surface area contributed by atoms with Crippen LogP contribution in [0.4, 0.5) is 0 Å². The Labute approximate surface area is 140 Å². The van der Waals surface area contributed by atoms with E-state index < -0.39 is 0 Å². The van der Waals surface area contributed by atoms with Crippen molar-refractivity contribution in [2.75, 3.05) is 0 Å². The van der Waals surface area contributed by atoms with Crippen LogP contribution in [-0.4, -0.2) is 17.1 Å². The quantitative estimate of drug-likeness (QED) is 0.540. The number of rotatable bonds is 6. The molecule has 0 fully saturated rings. The third-order valence-corrected chi connectivity index (χ3v) is 3.36. The normalized spacial score (nSPS) is 10.7. The van der Waals surface area contributed by atoms with Gasteiger partial charge in [0, 0.05) is 11.8 Å². The summed E-state index contributed by atoms with van der Waals surface area (Å²) >= 11 is 0. The molecule has 1 heterocycles. The van der Waals surface area contributed by atoms with Crippen molar-refractivity contribution in [2.45, 2.75) is 6.61 Å². The Morgan fingerprint density at radius 1 is 1.04 bits per heavy atom. The number of hydrogen-bond donors (Lipinski definition) is 2. The second kappa shape index (κ2) is 7.78. The van der Waals surface area contributed by atoms with Crippen molar-refractivity contribution in [3.05, 3.63) is 89.7 Å². The molecule has 0 saturated heterocycles. The van der Waals surface area contributed by atoms with Gasteiger partial charge in [0.2, 0.25) is 0 Å². The first kappa shape index (κ1) is 15.6. The van der Waals surface area contributed by atoms with Crippen LogP contribution in [0.25, 0.3) is 0 Å². The summed E-state index contributed by atoms with van der Waals surface area (Å²) in [6, 6.07) is 20.6. The van der Waals surface area contributed by atoms with Gasteiger partial charge in [-0.3, -0.25) is 4.79 Å². The van der Waals surface area contributed by atoms with Gasteiger partial charge >= 0.3 is 0 Å². The maximum atomic E-state index is 12.0. The van der Waals surface area contributed by atoms with E-state index >= 15 is 0 Å². The number of benzene rings is 2. The van der Waals surface area contributed by atoms with Gasteiger partial charge in [0.1, 0.15) is 12.4 Å². The molecule has 0 radical (unpaired) electrons. The van der Waals surface area contributed by atoms with Crippen molar-refractivity contribution in [2.24, 2.45) is 5.10 Å². The SMILES string of the molecule is O=C(N/N=C/c1ccc[nH]1)c1ccc(OCc2ccccc2)cc1. The molecule has 0 aliphatic carbocycles. The fraction of sp³-hybridized carbons (Fsp3) is 0.0526. The van der Waals surface area contributed by atoms with E-state index in [4.69, 9.17) is 4.74 Å². The van der Waals surface area contributed by atoms with Gasteiger partial charge in [-0.15, -0.1) is 0 Å². The Morgan fingerprint density at radius 3 is 2.54 bits per heavy atom. The molecule has 0 spiro atoms. The number of aromatic amines is 1. The minimum atomic E-state index is -0.271. The number of H-pyrrole nitrogens is 1. The highest BCUT2D eigenvalue weighted by atomic mass is 16.5. The molecule has 3 aromatic rings. The third-order valence-electron chi connectivity index (χ3n) is 3.36. The Morgan fingerprint density at radius 2 is 1.83 bits per heavy atom. The summed E-state index contributed by atoms with van der Waals surface area (Å²) in [4.78, 5) is 15.0. The Hall–Kier alpha value is -3.34. The smallest absolute Gasteiger partial charge is 0.271 e. The van der Waals surface area contributed by atoms with Gasteiger partial charge in [-0.2, -0.15) is 5.10 Å². The molecule has 120 valence electrons. The van der Waals surface area contributed by atoms with Gasteiger partial charge in [0.25, 0.3) is 5.91 Å². The fourth-order valence-corrected chi connectivity index (χ4v) is 2.09. The number of nitrogens with one attached hydrogen (secondary N) is 2. The van der Waals surface area contributed by atoms with Gasteiger partial charge in [-0.1, -0.05) is 30.3 Å². The first-order valence-corrected chi connectivity index (χ1v) is 7.55. The van der Waals surface area contributed by atoms with Crippen LogP contribution in [0, 0.1) is 0 Å². The predicted octanol–water partition coefficient (Wildman–Crippen LogP) is 3.36. The van der Waals surface area contributed by atoms with Gasteiger partial charge in [0.15, 0.2) is 0 Å². The van der Waals surface area contributed by atoms with E-state index in [-0.39, 0.29) is 5.91 Å². The molecule has 0 bridgehead atoms. The van der Waals surface area contributed by atoms with Crippen LogP contribution >= 0.6 is 0 Å². The largest absolute Gasteiger partial charge is 0.489 e. The summed E-state index contributed by atoms with van der Waals surface area (Å²) in [6.07, 6.45) is 3.34. The van der Waals surface area contributed by atoms with Gasteiger partial charge < -0.3 is 9.72 Å². The Balaban J connectivity index is 1.52. The zero-order valence-corrected chi connectivity index (χ0v) is 13.0. The number of amides is 1. The minimum absolute atomic E-state index is 0.271. The highest BCUT2D eigenvalue weighted by molar-refractivity contribution is 5.94. The predicted molar refractivity (Wildman–Crippen MR) is 93.1 cm³/mol. The van der Waals surface area contributed by atoms with Gasteiger partial charge in [-0.05, 0) is 42.0 Å². The van der Waals surface area contributed by atoms with Crippen molar-refractivity contribution in [3.63, 3.8) is 0 Å². The molecule has 1 amide bonds. The van der Waals surface area contributed by atoms with Crippen molar-refractivity contribution < 1.29 is 9.53 Å². The van der Waals surface area contributed by atoms with Crippen molar-refractivity contribution in [1.82, 2.24) is 10.4 Å². The topological polar surface area (TPSA) is 66.5 Å². The summed E-state index contributed by atoms with van der Waals surface area (Å²) in [6.45, 7) is 0.493. The zero-order valence-electron chi connectivity index (χ0n) is 13.0. The average Bonchev–Trinajstić information content (AvgIpc) is 3.15. The molecule has 1 aromatic heterocycles. The number of carbonyl (C=O) groups excluding carboxylic acids is 1. The summed E-state index contributed by atoms with van der Waals surface area (Å²) in [5.41, 5.74) is 4.92. The second-order valence-corrected chi connectivity index (χ2v) is 5.12. The molecule has 0 aliphatic heterocycles. The maximum absolute atomic E-state index is 12.0. The molecule has 2 N–H and O–H groups in total. The first-order valence-electron chi connectivity index (χ1n) is 7.55. The molecule has 5 heteroatoms. The van der Waals surface area contributed by atoms with Crippen LogP contribution in [-0.2, 0) is 6.61 Å². The van der Waals surface area contributed by atoms with Crippen molar-refractivity contribution in [1.29, 1.82) is 0 Å². The standard InChI is InChI=1S/C19H17N3O2/c23-19(22-21-13-17-7-4-12-20-17)16-8-10-18(11-9-16)24-14-15-5-2-1-3-6-15/h1-13,20H,14H2,(H,22,23)/b21-13+. The molecule has 5 nitrogen and oxygen atoms in total. The molecule has 0 saturated carbocycles. The molecule has 24 heavy (non-hydrogen) atoms. The lowest BCUT2D eigenvalue weighted by Crippen LogP contribution is -2.17. The van der Waals surface area contributed by atoms with Crippen molar-refractivity contribution >= 4 is 12.1 Å². The van der Waals surface area contributed by atoms with Crippen LogP contribution in [0.3, 0.4) is 0 Å². The minimum Gasteiger partial charge on any atom is -0.489 e. The van der Waals surface area contributed by atoms with Crippen LogP contribution < -0.4 is 10.2 Å². The maximum Gasteiger partial charge on any atom is 0.271 e. The summed E-state index contributed by atoms with van der Waals surface area (Å²) in [7, 11) is 0. The molecular weight excluding hydrogens is 302 g/mol. The Bertz CT molecular complexity index is 794. The van der Waals surface area contributed by atoms with E-state index in [1.165, 1.54) is 0 Å². The number of ether oxygens (including phenoxy) is 1. The number of nitrogens with zero attached hydrogens (tertiary/aromatic N) is 1. The van der Waals surface area contributed by atoms with E-state index in [0.717, 1.165) is 11.3 Å². The highest BCUT2D eigenvalue weighted by Gasteiger charge is 2.04. The molecule has 0 atom stereocenters. The average molecular weight is 319 g/mol. The van der Waals surface area contributed by atoms with E-state index in [1.807, 2.05) is 42.5 Å². The number of hydrogen-bond acceptors (Lipinski definition) is 3. The van der Waals surface area contributed by atoms with E-state index in [0.29, 0.717) is 17.9 Å². The summed E-state index contributed by atoms with van der Waals surface area (Å²) in [5.74, 6) is 0.442. The molecular formula is C19H17N3O2. The van der Waals surface area contributed by atoms with Crippen LogP contribution in [0.15, 0.2) is 78.0 Å². The fourth-order valence-electron chi connectivity index (χ4n) is 2.09. The lowest BCUT2D eigenvalue weighted by atomic mass is 10.2. The summed E-state index contributed by atoms with van der Waals surface area (Å²) < 4.78 is 5.69. The Kier molecular flexibility index (Phi) is 5.04. The second-order valence-electron chi connectivity index (χ2n) is 5.12. The third kappa shape index (κ3) is 4.33. The number of aromatic nitrogens is 1. The monoisotopic (exact) mass is 319 g/mol. The molecule has 3 rings (SSSR count). The first-order chi connectivity index (χ1) is 11.8. The van der Waals surface area contributed by atoms with E-state index in [2.05, 4.69) is 15.5 Å². The van der Waals surface area contributed by atoms with Crippen LogP contribution in [0.5, 0.6) is 5.75 Å². The van der Waals surface area contributed by atoms with E-state index in [1.54, 1.807) is 36.7 Å². The molecule has 0 aliphatic rings. The number of carbonyl (C=O) groups is 1. The lowest BCUT2D eigenvalue weighted by molar-refractivity contribution is 0.0955. The van der Waals surface area contributed by atoms with Crippen LogP contribution in [0.1, 0.15) is 21.6 Å².